The van der Waals surface area contributed by atoms with E-state index < -0.39 is 17.8 Å². The number of aldehydes is 1. The summed E-state index contributed by atoms with van der Waals surface area (Å²) in [7, 11) is 1.44. The minimum Gasteiger partial charge on any atom is -0.392 e. The molecule has 0 atom stereocenters. The summed E-state index contributed by atoms with van der Waals surface area (Å²) in [6.45, 7) is 3.50. The number of hydrogen-bond acceptors (Lipinski definition) is 6. The maximum absolute atomic E-state index is 13.7. The molecule has 35 heavy (non-hydrogen) atoms. The molecule has 192 valence electrons. The number of allylic oxidation sites excluding steroid dienone is 5. The van der Waals surface area contributed by atoms with Crippen LogP contribution in [0.15, 0.2) is 41.3 Å². The van der Waals surface area contributed by atoms with Crippen molar-refractivity contribution < 1.29 is 32.6 Å². The third kappa shape index (κ3) is 7.66. The van der Waals surface area contributed by atoms with E-state index in [0.29, 0.717) is 43.2 Å². The first-order valence-corrected chi connectivity index (χ1v) is 11.2. The summed E-state index contributed by atoms with van der Waals surface area (Å²) in [5.41, 5.74) is 0.202. The molecule has 2 rings (SSSR count). The third-order valence-corrected chi connectivity index (χ3v) is 5.20. The zero-order valence-electron chi connectivity index (χ0n) is 20.0. The van der Waals surface area contributed by atoms with Gasteiger partial charge in [-0.15, -0.1) is 0 Å². The lowest BCUT2D eigenvalue weighted by Gasteiger charge is -2.29. The number of urea groups is 1. The van der Waals surface area contributed by atoms with Crippen LogP contribution in [0.3, 0.4) is 0 Å². The van der Waals surface area contributed by atoms with Crippen LogP contribution in [0.25, 0.3) is 0 Å². The largest absolute Gasteiger partial charge is 0.418 e. The maximum Gasteiger partial charge on any atom is 0.418 e. The smallest absolute Gasteiger partial charge is 0.392 e. The molecule has 0 aromatic carbocycles. The van der Waals surface area contributed by atoms with E-state index in [4.69, 9.17) is 4.74 Å². The van der Waals surface area contributed by atoms with Crippen molar-refractivity contribution in [3.05, 3.63) is 58.1 Å². The van der Waals surface area contributed by atoms with Gasteiger partial charge in [0.2, 0.25) is 0 Å². The van der Waals surface area contributed by atoms with Gasteiger partial charge in [-0.1, -0.05) is 19.1 Å². The number of aliphatic hydroxyl groups is 1. The van der Waals surface area contributed by atoms with Gasteiger partial charge in [0.05, 0.1) is 18.8 Å². The Balaban J connectivity index is 2.37. The molecule has 0 saturated carbocycles. The van der Waals surface area contributed by atoms with Crippen molar-refractivity contribution in [1.82, 2.24) is 15.6 Å². The summed E-state index contributed by atoms with van der Waals surface area (Å²) in [5.74, 6) is 0.289. The van der Waals surface area contributed by atoms with E-state index in [1.54, 1.807) is 13.0 Å². The van der Waals surface area contributed by atoms with Gasteiger partial charge in [0, 0.05) is 37.2 Å². The molecule has 1 aliphatic heterocycles. The van der Waals surface area contributed by atoms with E-state index in [2.05, 4.69) is 15.6 Å². The Labute approximate surface area is 202 Å². The second-order valence-electron chi connectivity index (χ2n) is 7.86. The molecular formula is C24H31F3N4O4. The summed E-state index contributed by atoms with van der Waals surface area (Å²) >= 11 is 0. The number of alkyl halides is 3. The lowest BCUT2D eigenvalue weighted by molar-refractivity contribution is -0.0891. The predicted octanol–water partition coefficient (Wildman–Crippen LogP) is 3.77. The lowest BCUT2D eigenvalue weighted by atomic mass is 10.0. The number of amides is 2. The van der Waals surface area contributed by atoms with Gasteiger partial charge in [-0.05, 0) is 43.9 Å². The first-order valence-electron chi connectivity index (χ1n) is 11.2. The number of pyridine rings is 1. The molecule has 0 fully saturated rings. The standard InChI is InChI=1S/C24H31F3N4O4/c1-4-5-8-19(24(25,26)27)20(28-9-11-35-3)12-16(2)29-23(34)31-10-6-7-17-13-18(14-32)21(15-33)30-22(17)31/h5,8,12-13,15,28,32H,4,6-7,9-11,14H2,1-3H3,(H,29,34)/b8-5+,16-12+,20-19-. The van der Waals surface area contributed by atoms with Crippen LogP contribution in [0.4, 0.5) is 23.8 Å². The van der Waals surface area contributed by atoms with Crippen LogP contribution in [-0.4, -0.2) is 55.4 Å². The second kappa shape index (κ2) is 13.1. The van der Waals surface area contributed by atoms with Gasteiger partial charge in [-0.2, -0.15) is 13.2 Å². The molecule has 0 saturated heterocycles. The number of ether oxygens (including phenoxy) is 1. The van der Waals surface area contributed by atoms with Crippen LogP contribution in [0.1, 0.15) is 48.3 Å². The number of carbonyl (C=O) groups is 2. The quantitative estimate of drug-likeness (QED) is 0.259. The number of anilines is 1. The lowest BCUT2D eigenvalue weighted by Crippen LogP contribution is -2.43. The van der Waals surface area contributed by atoms with E-state index in [-0.39, 0.29) is 42.7 Å². The Kier molecular flexibility index (Phi) is 10.5. The van der Waals surface area contributed by atoms with Crippen molar-refractivity contribution in [3.8, 4) is 0 Å². The number of aryl methyl sites for hydroxylation is 1. The summed E-state index contributed by atoms with van der Waals surface area (Å²) < 4.78 is 46.2. The molecule has 0 aliphatic carbocycles. The molecule has 0 spiro atoms. The second-order valence-corrected chi connectivity index (χ2v) is 7.86. The summed E-state index contributed by atoms with van der Waals surface area (Å²) in [5, 5.41) is 14.8. The molecule has 2 heterocycles. The zero-order chi connectivity index (χ0) is 26.0. The maximum atomic E-state index is 13.7. The van der Waals surface area contributed by atoms with Gasteiger partial charge in [-0.25, -0.2) is 9.78 Å². The fraction of sp³-hybridized carbons (Fsp3) is 0.458. The van der Waals surface area contributed by atoms with Crippen molar-refractivity contribution in [2.24, 2.45) is 0 Å². The van der Waals surface area contributed by atoms with Gasteiger partial charge in [0.25, 0.3) is 0 Å². The number of rotatable bonds is 10. The fourth-order valence-corrected chi connectivity index (χ4v) is 3.56. The van der Waals surface area contributed by atoms with Crippen LogP contribution in [0.2, 0.25) is 0 Å². The van der Waals surface area contributed by atoms with Crippen LogP contribution >= 0.6 is 0 Å². The molecule has 3 N–H and O–H groups in total. The van der Waals surface area contributed by atoms with E-state index in [1.165, 1.54) is 31.1 Å². The molecule has 0 bridgehead atoms. The van der Waals surface area contributed by atoms with Crippen molar-refractivity contribution in [1.29, 1.82) is 0 Å². The molecular weight excluding hydrogens is 465 g/mol. The minimum absolute atomic E-state index is 0.0308. The van der Waals surface area contributed by atoms with Crippen molar-refractivity contribution in [2.75, 3.05) is 31.7 Å². The molecule has 8 nitrogen and oxygen atoms in total. The average molecular weight is 497 g/mol. The number of aliphatic hydroxyl groups excluding tert-OH is 1. The summed E-state index contributed by atoms with van der Waals surface area (Å²) in [6.07, 6.45) is 1.18. The Hall–Kier alpha value is -3.18. The van der Waals surface area contributed by atoms with Crippen LogP contribution < -0.4 is 15.5 Å². The summed E-state index contributed by atoms with van der Waals surface area (Å²) in [4.78, 5) is 29.9. The molecule has 1 aromatic rings. The number of carbonyl (C=O) groups excluding carboxylic acids is 2. The molecule has 0 radical (unpaired) electrons. The topological polar surface area (TPSA) is 104 Å². The monoisotopic (exact) mass is 496 g/mol. The highest BCUT2D eigenvalue weighted by molar-refractivity contribution is 5.93. The minimum atomic E-state index is -4.62. The van der Waals surface area contributed by atoms with Crippen molar-refractivity contribution in [2.45, 2.75) is 45.9 Å². The molecule has 1 aromatic heterocycles. The Morgan fingerprint density at radius 1 is 1.37 bits per heavy atom. The Morgan fingerprint density at radius 2 is 2.11 bits per heavy atom. The number of methoxy groups -OCH3 is 1. The number of hydrogen-bond donors (Lipinski definition) is 3. The van der Waals surface area contributed by atoms with Gasteiger partial charge >= 0.3 is 12.2 Å². The first kappa shape index (κ1) is 28.1. The fourth-order valence-electron chi connectivity index (χ4n) is 3.56. The molecule has 11 heteroatoms. The Morgan fingerprint density at radius 3 is 2.71 bits per heavy atom. The predicted molar refractivity (Wildman–Crippen MR) is 126 cm³/mol. The van der Waals surface area contributed by atoms with E-state index in [1.807, 2.05) is 0 Å². The number of aromatic nitrogens is 1. The van der Waals surface area contributed by atoms with E-state index >= 15 is 0 Å². The zero-order valence-corrected chi connectivity index (χ0v) is 20.0. The third-order valence-electron chi connectivity index (χ3n) is 5.20. The molecule has 1 aliphatic rings. The van der Waals surface area contributed by atoms with Crippen LogP contribution in [0.5, 0.6) is 0 Å². The number of nitrogens with zero attached hydrogens (tertiary/aromatic N) is 2. The van der Waals surface area contributed by atoms with Gasteiger partial charge < -0.3 is 20.5 Å². The van der Waals surface area contributed by atoms with Crippen molar-refractivity contribution >= 4 is 18.1 Å². The number of nitrogens with one attached hydrogen (secondary N) is 2. The highest BCUT2D eigenvalue weighted by atomic mass is 19.4. The number of fused-ring (bicyclic) bond motifs is 1. The first-order chi connectivity index (χ1) is 16.7. The highest BCUT2D eigenvalue weighted by Crippen LogP contribution is 2.30. The average Bonchev–Trinajstić information content (AvgIpc) is 2.81. The van der Waals surface area contributed by atoms with Gasteiger partial charge in [-0.3, -0.25) is 9.69 Å². The Bertz CT molecular complexity index is 1000. The number of halogens is 3. The highest BCUT2D eigenvalue weighted by Gasteiger charge is 2.34. The van der Waals surface area contributed by atoms with E-state index in [9.17, 15) is 27.9 Å². The van der Waals surface area contributed by atoms with Gasteiger partial charge in [0.15, 0.2) is 6.29 Å². The normalized spacial score (nSPS) is 15.1. The summed E-state index contributed by atoms with van der Waals surface area (Å²) in [6, 6.07) is 1.06. The van der Waals surface area contributed by atoms with Crippen LogP contribution in [0, 0.1) is 0 Å². The molecule has 0 unspecified atom stereocenters. The SMILES string of the molecule is CC/C=C/C(=C(\C=C(/C)NC(=O)N1CCCc2cc(CO)c(C=O)nc21)NCCOC)C(F)(F)F. The van der Waals surface area contributed by atoms with E-state index in [0.717, 1.165) is 6.08 Å². The van der Waals surface area contributed by atoms with Gasteiger partial charge in [0.1, 0.15) is 11.5 Å². The van der Waals surface area contributed by atoms with Crippen molar-refractivity contribution in [3.63, 3.8) is 0 Å². The molecule has 2 amide bonds. The van der Waals surface area contributed by atoms with Crippen LogP contribution in [-0.2, 0) is 17.8 Å².